The highest BCUT2D eigenvalue weighted by molar-refractivity contribution is 5.85. The molecule has 372 valence electrons. The van der Waals surface area contributed by atoms with Gasteiger partial charge in [0.1, 0.15) is 11.5 Å². The van der Waals surface area contributed by atoms with E-state index in [9.17, 15) is 20.4 Å². The first kappa shape index (κ1) is 49.4. The number of benzene rings is 9. The van der Waals surface area contributed by atoms with Gasteiger partial charge < -0.3 is 44.6 Å². The van der Waals surface area contributed by atoms with Crippen molar-refractivity contribution in [2.75, 3.05) is 28.9 Å². The van der Waals surface area contributed by atoms with Gasteiger partial charge in [0.25, 0.3) is 0 Å². The average molecular weight is 991 g/mol. The van der Waals surface area contributed by atoms with Crippen molar-refractivity contribution in [2.24, 2.45) is 0 Å². The van der Waals surface area contributed by atoms with Gasteiger partial charge in [0.05, 0.1) is 74.8 Å². The topological polar surface area (TPSA) is 148 Å². The molecule has 10 aromatic rings. The number of hydrogen-bond donors (Lipinski definition) is 4. The van der Waals surface area contributed by atoms with Crippen LogP contribution in [0.25, 0.3) is 34.2 Å². The number of methoxy groups -OCH3 is 2. The summed E-state index contributed by atoms with van der Waals surface area (Å²) in [7, 11) is 3.29. The van der Waals surface area contributed by atoms with E-state index in [1.54, 1.807) is 14.2 Å². The van der Waals surface area contributed by atoms with Crippen LogP contribution < -0.4 is 24.2 Å². The zero-order valence-electron chi connectivity index (χ0n) is 41.4. The Labute approximate surface area is 435 Å². The van der Waals surface area contributed by atoms with Crippen molar-refractivity contribution in [1.82, 2.24) is 15.0 Å². The number of hydrogen-bond acceptors (Lipinski definition) is 12. The summed E-state index contributed by atoms with van der Waals surface area (Å²) in [6.07, 6.45) is 0. The third-order valence-corrected chi connectivity index (χ3v) is 13.1. The molecule has 12 heteroatoms. The second-order valence-corrected chi connectivity index (χ2v) is 17.4. The van der Waals surface area contributed by atoms with Crippen LogP contribution in [0.3, 0.4) is 0 Å². The van der Waals surface area contributed by atoms with Gasteiger partial charge in [-0.2, -0.15) is 0 Å². The zero-order chi connectivity index (χ0) is 51.7. The number of aromatic nitrogens is 3. The predicted octanol–water partition coefficient (Wildman–Crippen LogP) is 13.3. The molecule has 0 aliphatic carbocycles. The molecule has 12 nitrogen and oxygen atoms in total. The van der Waals surface area contributed by atoms with Crippen molar-refractivity contribution in [3.05, 3.63) is 241 Å². The number of aliphatic hydroxyl groups is 4. The Hall–Kier alpha value is -9.17. The molecule has 0 radical (unpaired) electrons. The number of nitrogens with zero attached hydrogens (tertiary/aromatic N) is 6. The lowest BCUT2D eigenvalue weighted by atomic mass is 10.1. The van der Waals surface area contributed by atoms with Gasteiger partial charge in [-0.3, -0.25) is 0 Å². The van der Waals surface area contributed by atoms with Crippen LogP contribution >= 0.6 is 0 Å². The Kier molecular flexibility index (Phi) is 15.0. The lowest BCUT2D eigenvalue weighted by molar-refractivity contribution is 0.281. The van der Waals surface area contributed by atoms with Crippen LogP contribution in [0.2, 0.25) is 0 Å². The minimum absolute atomic E-state index is 0.156. The summed E-state index contributed by atoms with van der Waals surface area (Å²) < 4.78 is 11.7. The van der Waals surface area contributed by atoms with Crippen LogP contribution in [0.5, 0.6) is 11.5 Å². The van der Waals surface area contributed by atoms with Crippen LogP contribution in [0.15, 0.2) is 218 Å². The Morgan fingerprint density at radius 1 is 0.293 bits per heavy atom. The average Bonchev–Trinajstić information content (AvgIpc) is 3.48. The molecule has 0 amide bonds. The monoisotopic (exact) mass is 990 g/mol. The van der Waals surface area contributed by atoms with E-state index in [1.807, 2.05) is 223 Å². The summed E-state index contributed by atoms with van der Waals surface area (Å²) in [5.74, 6) is 2.65. The van der Waals surface area contributed by atoms with Crippen LogP contribution in [-0.4, -0.2) is 49.6 Å². The molecule has 75 heavy (non-hydrogen) atoms. The van der Waals surface area contributed by atoms with Crippen LogP contribution in [-0.2, 0) is 26.4 Å². The lowest BCUT2D eigenvalue weighted by Gasteiger charge is -2.29. The molecule has 0 aliphatic rings. The fourth-order valence-corrected chi connectivity index (χ4v) is 9.35. The summed E-state index contributed by atoms with van der Waals surface area (Å²) in [6, 6.07) is 70.2. The summed E-state index contributed by atoms with van der Waals surface area (Å²) >= 11 is 0. The van der Waals surface area contributed by atoms with Crippen LogP contribution in [0, 0.1) is 0 Å². The molecule has 0 spiro atoms. The van der Waals surface area contributed by atoms with Crippen molar-refractivity contribution in [2.45, 2.75) is 26.4 Å². The second-order valence-electron chi connectivity index (χ2n) is 17.4. The van der Waals surface area contributed by atoms with Crippen molar-refractivity contribution in [3.63, 3.8) is 0 Å². The molecular formula is C63H54N6O6. The number of rotatable bonds is 18. The highest BCUT2D eigenvalue weighted by Crippen LogP contribution is 2.45. The maximum Gasteiger partial charge on any atom is 0.164 e. The van der Waals surface area contributed by atoms with Gasteiger partial charge in [0, 0.05) is 56.0 Å². The molecule has 10 rings (SSSR count). The van der Waals surface area contributed by atoms with E-state index >= 15 is 0 Å². The molecule has 0 saturated heterocycles. The molecule has 0 aliphatic heterocycles. The van der Waals surface area contributed by atoms with E-state index in [2.05, 4.69) is 9.80 Å². The van der Waals surface area contributed by atoms with Gasteiger partial charge in [0.15, 0.2) is 17.5 Å². The molecule has 0 fully saturated rings. The fourth-order valence-electron chi connectivity index (χ4n) is 9.35. The third-order valence-electron chi connectivity index (χ3n) is 13.1. The summed E-state index contributed by atoms with van der Waals surface area (Å²) in [5.41, 5.74) is 12.4. The van der Waals surface area contributed by atoms with Crippen LogP contribution in [0.1, 0.15) is 22.3 Å². The molecule has 0 atom stereocenters. The molecule has 0 bridgehead atoms. The van der Waals surface area contributed by atoms with Gasteiger partial charge in [-0.1, -0.05) is 97.1 Å². The van der Waals surface area contributed by atoms with E-state index < -0.39 is 0 Å². The Morgan fingerprint density at radius 2 is 0.520 bits per heavy atom. The normalized spacial score (nSPS) is 11.0. The Balaban J connectivity index is 1.10. The highest BCUT2D eigenvalue weighted by Gasteiger charge is 2.23. The largest absolute Gasteiger partial charge is 0.495 e. The van der Waals surface area contributed by atoms with E-state index in [4.69, 9.17) is 24.4 Å². The Morgan fingerprint density at radius 3 is 0.773 bits per heavy atom. The molecule has 0 saturated carbocycles. The summed E-state index contributed by atoms with van der Waals surface area (Å²) in [4.78, 5) is 21.6. The number of para-hydroxylation sites is 8. The van der Waals surface area contributed by atoms with Gasteiger partial charge >= 0.3 is 0 Å². The molecule has 9 aromatic carbocycles. The Bertz CT molecular complexity index is 3030. The van der Waals surface area contributed by atoms with E-state index in [1.165, 1.54) is 0 Å². The SMILES string of the molecule is COc1ccccc1N(c1ccc(-c2nc(-c3ccc(N(c4ccccc4CO)c4ccccc4CO)cc3)nc(-c3ccc(N(c4ccccc4CO)c4ccccc4OC)cc3)n2)cc1)c1ccccc1CO. The number of ether oxygens (including phenoxy) is 2. The van der Waals surface area contributed by atoms with Crippen molar-refractivity contribution in [3.8, 4) is 45.7 Å². The fraction of sp³-hybridized carbons (Fsp3) is 0.0952. The minimum atomic E-state index is -0.173. The highest BCUT2D eigenvalue weighted by atomic mass is 16.5. The molecule has 1 aromatic heterocycles. The predicted molar refractivity (Wildman–Crippen MR) is 297 cm³/mol. The second kappa shape index (κ2) is 22.7. The number of aliphatic hydroxyl groups excluding tert-OH is 4. The van der Waals surface area contributed by atoms with Gasteiger partial charge in [0.2, 0.25) is 0 Å². The first-order valence-corrected chi connectivity index (χ1v) is 24.4. The van der Waals surface area contributed by atoms with E-state index in [0.717, 1.165) is 90.1 Å². The number of anilines is 9. The smallest absolute Gasteiger partial charge is 0.164 e. The minimum Gasteiger partial charge on any atom is -0.495 e. The molecule has 1 heterocycles. The van der Waals surface area contributed by atoms with Crippen molar-refractivity contribution < 1.29 is 29.9 Å². The van der Waals surface area contributed by atoms with E-state index in [-0.39, 0.29) is 26.4 Å². The standard InChI is InChI=1S/C63H54N6O6/c1-74-59-25-13-11-23-57(59)68(55-21-9-5-17-48(55)41-72)51-35-29-44(30-36-51)62-64-61(43-27-33-50(34-28-43)67(53-19-7-3-15-46(53)39-70)54-20-8-4-16-47(54)40-71)65-63(66-62)45-31-37-52(38-32-45)69(56-22-10-6-18-49(56)42-73)58-24-12-14-26-60(58)75-2/h3-38,70-73H,39-42H2,1-2H3. The van der Waals surface area contributed by atoms with Gasteiger partial charge in [-0.25, -0.2) is 15.0 Å². The maximum absolute atomic E-state index is 10.5. The summed E-state index contributed by atoms with van der Waals surface area (Å²) in [6.45, 7) is -0.659. The quantitative estimate of drug-likeness (QED) is 0.0649. The maximum atomic E-state index is 10.5. The first-order valence-electron chi connectivity index (χ1n) is 24.4. The third kappa shape index (κ3) is 10.1. The first-order chi connectivity index (χ1) is 36.9. The summed E-state index contributed by atoms with van der Waals surface area (Å²) in [5, 5.41) is 41.9. The zero-order valence-corrected chi connectivity index (χ0v) is 41.4. The van der Waals surface area contributed by atoms with Crippen molar-refractivity contribution in [1.29, 1.82) is 0 Å². The molecular weight excluding hydrogens is 937 g/mol. The molecule has 4 N–H and O–H groups in total. The van der Waals surface area contributed by atoms with Gasteiger partial charge in [-0.05, 0) is 121 Å². The van der Waals surface area contributed by atoms with Crippen LogP contribution in [0.4, 0.5) is 51.2 Å². The van der Waals surface area contributed by atoms with Gasteiger partial charge in [-0.15, -0.1) is 0 Å². The van der Waals surface area contributed by atoms with Crippen molar-refractivity contribution >= 4 is 51.2 Å². The molecule has 0 unspecified atom stereocenters. The van der Waals surface area contributed by atoms with E-state index in [0.29, 0.717) is 29.0 Å². The lowest BCUT2D eigenvalue weighted by Crippen LogP contribution is -2.14.